The molecule has 0 radical (unpaired) electrons. The summed E-state index contributed by atoms with van der Waals surface area (Å²) < 4.78 is 14.6. The van der Waals surface area contributed by atoms with Gasteiger partial charge in [-0.2, -0.15) is 0 Å². The molecule has 0 saturated carbocycles. The number of fused-ring (bicyclic) bond motifs is 1. The van der Waals surface area contributed by atoms with Gasteiger partial charge in [0.15, 0.2) is 0 Å². The molecule has 8 heteroatoms. The number of hydrogen-bond acceptors (Lipinski definition) is 5. The lowest BCUT2D eigenvalue weighted by Crippen LogP contribution is -2.43. The molecule has 3 heterocycles. The van der Waals surface area contributed by atoms with Crippen molar-refractivity contribution in [3.63, 3.8) is 0 Å². The van der Waals surface area contributed by atoms with Crippen LogP contribution in [0.2, 0.25) is 0 Å². The second-order valence-electron chi connectivity index (χ2n) is 8.08. The van der Waals surface area contributed by atoms with Gasteiger partial charge in [-0.15, -0.1) is 0 Å². The third kappa shape index (κ3) is 4.01. The molecule has 1 aliphatic rings. The van der Waals surface area contributed by atoms with Crippen LogP contribution in [0.5, 0.6) is 5.75 Å². The van der Waals surface area contributed by atoms with Gasteiger partial charge in [0.25, 0.3) is 0 Å². The first-order chi connectivity index (χ1) is 16.0. The number of aromatic hydroxyl groups is 1. The number of para-hydroxylation sites is 1. The molecule has 5 rings (SSSR count). The number of aromatic amines is 1. The van der Waals surface area contributed by atoms with Gasteiger partial charge in [0.1, 0.15) is 23.0 Å². The minimum atomic E-state index is -0.564. The molecule has 33 heavy (non-hydrogen) atoms. The lowest BCUT2D eigenvalue weighted by Gasteiger charge is -2.29. The third-order valence-electron chi connectivity index (χ3n) is 5.87. The summed E-state index contributed by atoms with van der Waals surface area (Å²) >= 11 is 0. The number of phenols is 1. The zero-order valence-electron chi connectivity index (χ0n) is 18.2. The zero-order chi connectivity index (χ0) is 22.9. The van der Waals surface area contributed by atoms with Crippen molar-refractivity contribution in [3.05, 3.63) is 60.5 Å². The first kappa shape index (κ1) is 21.0. The van der Waals surface area contributed by atoms with Crippen molar-refractivity contribution >= 4 is 28.4 Å². The van der Waals surface area contributed by atoms with Crippen LogP contribution in [0.4, 0.5) is 15.9 Å². The van der Waals surface area contributed by atoms with Crippen LogP contribution in [0.1, 0.15) is 6.92 Å². The number of halogens is 1. The Hall–Kier alpha value is -3.91. The number of carbonyl (C=O) groups is 1. The second-order valence-corrected chi connectivity index (χ2v) is 8.08. The number of aromatic nitrogens is 2. The Morgan fingerprint density at radius 2 is 1.88 bits per heavy atom. The summed E-state index contributed by atoms with van der Waals surface area (Å²) in [5.74, 6) is -0.00785. The van der Waals surface area contributed by atoms with Crippen molar-refractivity contribution < 1.29 is 14.3 Å². The van der Waals surface area contributed by atoms with Crippen LogP contribution in [0.25, 0.3) is 33.3 Å². The van der Waals surface area contributed by atoms with Gasteiger partial charge >= 0.3 is 0 Å². The number of anilines is 2. The van der Waals surface area contributed by atoms with E-state index in [1.54, 1.807) is 12.1 Å². The number of nitrogens with zero attached hydrogens (tertiary/aromatic N) is 2. The molecule has 1 saturated heterocycles. The summed E-state index contributed by atoms with van der Waals surface area (Å²) in [7, 11) is 0. The van der Waals surface area contributed by atoms with E-state index in [4.69, 9.17) is 4.98 Å². The molecule has 7 nitrogen and oxygen atoms in total. The summed E-state index contributed by atoms with van der Waals surface area (Å²) in [6, 6.07) is 13.9. The van der Waals surface area contributed by atoms with E-state index in [9.17, 15) is 14.3 Å². The molecule has 2 aromatic carbocycles. The Kier molecular flexibility index (Phi) is 5.43. The minimum Gasteiger partial charge on any atom is -0.507 e. The molecule has 4 N–H and O–H groups in total. The number of benzene rings is 2. The van der Waals surface area contributed by atoms with Crippen LogP contribution in [-0.2, 0) is 4.79 Å². The summed E-state index contributed by atoms with van der Waals surface area (Å²) in [6.45, 7) is 4.81. The van der Waals surface area contributed by atoms with E-state index >= 15 is 0 Å². The van der Waals surface area contributed by atoms with Gasteiger partial charge in [0.2, 0.25) is 5.91 Å². The molecule has 1 aliphatic heterocycles. The Balaban J connectivity index is 1.60. The van der Waals surface area contributed by atoms with Crippen LogP contribution in [0, 0.1) is 5.82 Å². The van der Waals surface area contributed by atoms with E-state index in [0.717, 1.165) is 48.6 Å². The molecule has 1 amide bonds. The van der Waals surface area contributed by atoms with Crippen molar-refractivity contribution in [2.45, 2.75) is 6.92 Å². The standard InChI is InChI=1S/C25H24FN5O2/c1-15(32)29-22-6-5-16(13-21(22)26)17-3-2-4-18(24(17)33)20-14-23(31-11-9-27-10-12-31)30-25-19(20)7-8-28-25/h2-8,13-14,27,33H,9-12H2,1H3,(H,28,30)(H,29,32). The van der Waals surface area contributed by atoms with Gasteiger partial charge < -0.3 is 25.6 Å². The van der Waals surface area contributed by atoms with Crippen LogP contribution < -0.4 is 15.5 Å². The molecule has 0 atom stereocenters. The Labute approximate surface area is 190 Å². The fourth-order valence-corrected chi connectivity index (χ4v) is 4.27. The molecule has 0 unspecified atom stereocenters. The van der Waals surface area contributed by atoms with Crippen molar-refractivity contribution in [1.82, 2.24) is 15.3 Å². The molecule has 0 spiro atoms. The molecular formula is C25H24FN5O2. The van der Waals surface area contributed by atoms with E-state index in [1.807, 2.05) is 30.5 Å². The number of nitrogens with one attached hydrogen (secondary N) is 3. The second kappa shape index (κ2) is 8.55. The first-order valence-corrected chi connectivity index (χ1v) is 10.8. The Bertz CT molecular complexity index is 1340. The summed E-state index contributed by atoms with van der Waals surface area (Å²) in [5, 5.41) is 18.0. The highest BCUT2D eigenvalue weighted by Gasteiger charge is 2.19. The molecule has 4 aromatic rings. The van der Waals surface area contributed by atoms with E-state index in [-0.39, 0.29) is 17.3 Å². The zero-order valence-corrected chi connectivity index (χ0v) is 18.2. The summed E-state index contributed by atoms with van der Waals surface area (Å²) in [5.41, 5.74) is 3.36. The minimum absolute atomic E-state index is 0.0594. The third-order valence-corrected chi connectivity index (χ3v) is 5.87. The largest absolute Gasteiger partial charge is 0.507 e. The lowest BCUT2D eigenvalue weighted by molar-refractivity contribution is -0.114. The molecule has 0 bridgehead atoms. The van der Waals surface area contributed by atoms with E-state index in [1.165, 1.54) is 19.1 Å². The van der Waals surface area contributed by atoms with Crippen molar-refractivity contribution in [2.75, 3.05) is 36.4 Å². The maximum absolute atomic E-state index is 14.6. The SMILES string of the molecule is CC(=O)Nc1ccc(-c2cccc(-c3cc(N4CCNCC4)nc4[nH]ccc34)c2O)cc1F. The van der Waals surface area contributed by atoms with Crippen LogP contribution in [0.3, 0.4) is 0 Å². The van der Waals surface area contributed by atoms with Crippen molar-refractivity contribution in [2.24, 2.45) is 0 Å². The average Bonchev–Trinajstić information content (AvgIpc) is 3.29. The van der Waals surface area contributed by atoms with Crippen molar-refractivity contribution in [3.8, 4) is 28.0 Å². The van der Waals surface area contributed by atoms with E-state index in [0.29, 0.717) is 16.7 Å². The number of phenolic OH excluding ortho intramolecular Hbond substituents is 1. The normalized spacial score (nSPS) is 13.9. The number of hydrogen-bond donors (Lipinski definition) is 4. The highest BCUT2D eigenvalue weighted by Crippen LogP contribution is 2.41. The van der Waals surface area contributed by atoms with Crippen LogP contribution >= 0.6 is 0 Å². The molecule has 0 aliphatic carbocycles. The molecule has 168 valence electrons. The monoisotopic (exact) mass is 445 g/mol. The molecule has 1 fully saturated rings. The summed E-state index contributed by atoms with van der Waals surface area (Å²) in [6.07, 6.45) is 1.83. The van der Waals surface area contributed by atoms with Gasteiger partial charge in [0, 0.05) is 61.4 Å². The van der Waals surface area contributed by atoms with Crippen LogP contribution in [-0.4, -0.2) is 47.2 Å². The maximum atomic E-state index is 14.6. The predicted octanol–water partition coefficient (Wildman–Crippen LogP) is 4.11. The van der Waals surface area contributed by atoms with Crippen molar-refractivity contribution in [1.29, 1.82) is 0 Å². The quantitative estimate of drug-likeness (QED) is 0.379. The predicted molar refractivity (Wildman–Crippen MR) is 128 cm³/mol. The molecule has 2 aromatic heterocycles. The topological polar surface area (TPSA) is 93.3 Å². The van der Waals surface area contributed by atoms with Gasteiger partial charge in [-0.1, -0.05) is 24.3 Å². The maximum Gasteiger partial charge on any atom is 0.221 e. The number of rotatable bonds is 4. The van der Waals surface area contributed by atoms with Gasteiger partial charge in [-0.3, -0.25) is 4.79 Å². The fraction of sp³-hybridized carbons (Fsp3) is 0.200. The fourth-order valence-electron chi connectivity index (χ4n) is 4.27. The lowest BCUT2D eigenvalue weighted by atomic mass is 9.96. The van der Waals surface area contributed by atoms with Crippen LogP contribution in [0.15, 0.2) is 54.7 Å². The number of H-pyrrole nitrogens is 1. The average molecular weight is 445 g/mol. The number of amides is 1. The highest BCUT2D eigenvalue weighted by atomic mass is 19.1. The number of carbonyl (C=O) groups excluding carboxylic acids is 1. The number of pyridine rings is 1. The molecular weight excluding hydrogens is 421 g/mol. The highest BCUT2D eigenvalue weighted by molar-refractivity contribution is 5.98. The Morgan fingerprint density at radius 1 is 1.09 bits per heavy atom. The van der Waals surface area contributed by atoms with E-state index in [2.05, 4.69) is 20.5 Å². The van der Waals surface area contributed by atoms with Gasteiger partial charge in [-0.25, -0.2) is 9.37 Å². The van der Waals surface area contributed by atoms with E-state index < -0.39 is 5.82 Å². The number of piperazine rings is 1. The Morgan fingerprint density at radius 3 is 2.64 bits per heavy atom. The smallest absolute Gasteiger partial charge is 0.221 e. The van der Waals surface area contributed by atoms with Gasteiger partial charge in [0.05, 0.1) is 5.69 Å². The first-order valence-electron chi connectivity index (χ1n) is 10.8. The summed E-state index contributed by atoms with van der Waals surface area (Å²) in [4.78, 5) is 21.5. The van der Waals surface area contributed by atoms with Gasteiger partial charge in [-0.05, 0) is 29.8 Å².